The molecule has 2 rings (SSSR count). The summed E-state index contributed by atoms with van der Waals surface area (Å²) >= 11 is 0. The fourth-order valence-corrected chi connectivity index (χ4v) is 1.86. The molecule has 0 radical (unpaired) electrons. The van der Waals surface area contributed by atoms with Crippen LogP contribution in [-0.4, -0.2) is 17.7 Å². The Morgan fingerprint density at radius 2 is 1.95 bits per heavy atom. The first kappa shape index (κ1) is 13.1. The number of hydrogen-bond donors (Lipinski definition) is 1. The van der Waals surface area contributed by atoms with Crippen LogP contribution < -0.4 is 4.74 Å². The molecule has 0 spiro atoms. The molecule has 19 heavy (non-hydrogen) atoms. The fourth-order valence-electron chi connectivity index (χ4n) is 1.86. The average Bonchev–Trinajstić information content (AvgIpc) is 2.66. The summed E-state index contributed by atoms with van der Waals surface area (Å²) in [7, 11) is 0. The van der Waals surface area contributed by atoms with Crippen molar-refractivity contribution >= 4 is 5.97 Å². The highest BCUT2D eigenvalue weighted by Crippen LogP contribution is 2.17. The molecule has 0 fully saturated rings. The molecular weight excluding hydrogens is 240 g/mol. The number of carboxylic acids is 1. The number of carboxylic acid groups (broad SMARTS) is 1. The monoisotopic (exact) mass is 256 g/mol. The minimum absolute atomic E-state index is 0.305. The van der Waals surface area contributed by atoms with Crippen LogP contribution in [0.5, 0.6) is 5.75 Å². The summed E-state index contributed by atoms with van der Waals surface area (Å²) in [6.45, 7) is -0.305. The van der Waals surface area contributed by atoms with Gasteiger partial charge < -0.3 is 9.84 Å². The van der Waals surface area contributed by atoms with Crippen molar-refractivity contribution in [1.82, 2.24) is 0 Å². The first-order valence-electron chi connectivity index (χ1n) is 6.19. The third kappa shape index (κ3) is 4.47. The van der Waals surface area contributed by atoms with Gasteiger partial charge in [0, 0.05) is 0 Å². The largest absolute Gasteiger partial charge is 0.482 e. The van der Waals surface area contributed by atoms with Crippen LogP contribution >= 0.6 is 0 Å². The summed E-state index contributed by atoms with van der Waals surface area (Å²) in [5.41, 5.74) is 2.54. The highest BCUT2D eigenvalue weighted by molar-refractivity contribution is 5.68. The first-order valence-corrected chi connectivity index (χ1v) is 6.19. The number of ether oxygens (including phenoxy) is 1. The van der Waals surface area contributed by atoms with Crippen LogP contribution in [0.2, 0.25) is 0 Å². The lowest BCUT2D eigenvalue weighted by atomic mass is 10.0. The lowest BCUT2D eigenvalue weighted by Crippen LogP contribution is -2.09. The minimum Gasteiger partial charge on any atom is -0.482 e. The molecule has 0 amide bonds. The standard InChI is InChI=1S/C16H16O3/c17-16(18)12-19-15-9-7-14(8-10-15)11-13-5-3-1-2-4-6-13/h1-5,7-10H,6,11-12H2,(H,17,18). The molecule has 0 bridgehead atoms. The van der Waals surface area contributed by atoms with Gasteiger partial charge in [-0.3, -0.25) is 0 Å². The van der Waals surface area contributed by atoms with Crippen molar-refractivity contribution in [1.29, 1.82) is 0 Å². The lowest BCUT2D eigenvalue weighted by Gasteiger charge is -2.06. The van der Waals surface area contributed by atoms with E-state index in [1.54, 1.807) is 12.1 Å². The predicted octanol–water partition coefficient (Wildman–Crippen LogP) is 3.14. The zero-order valence-corrected chi connectivity index (χ0v) is 10.6. The van der Waals surface area contributed by atoms with E-state index >= 15 is 0 Å². The van der Waals surface area contributed by atoms with Crippen LogP contribution in [0.25, 0.3) is 0 Å². The number of rotatable bonds is 5. The van der Waals surface area contributed by atoms with Gasteiger partial charge in [-0.25, -0.2) is 4.79 Å². The Kier molecular flexibility index (Phi) is 4.56. The Morgan fingerprint density at radius 3 is 2.68 bits per heavy atom. The van der Waals surface area contributed by atoms with Crippen molar-refractivity contribution in [3.8, 4) is 5.75 Å². The molecule has 3 nitrogen and oxygen atoms in total. The van der Waals surface area contributed by atoms with E-state index in [-0.39, 0.29) is 6.61 Å². The molecule has 1 N–H and O–H groups in total. The molecule has 0 heterocycles. The van der Waals surface area contributed by atoms with Gasteiger partial charge in [0.05, 0.1) is 0 Å². The van der Waals surface area contributed by atoms with Crippen LogP contribution in [0.3, 0.4) is 0 Å². The zero-order valence-electron chi connectivity index (χ0n) is 10.6. The van der Waals surface area contributed by atoms with Gasteiger partial charge in [-0.05, 0) is 30.5 Å². The summed E-state index contributed by atoms with van der Waals surface area (Å²) in [5, 5.41) is 8.53. The summed E-state index contributed by atoms with van der Waals surface area (Å²) < 4.78 is 5.10. The predicted molar refractivity (Wildman–Crippen MR) is 74.3 cm³/mol. The second kappa shape index (κ2) is 6.59. The lowest BCUT2D eigenvalue weighted by molar-refractivity contribution is -0.139. The van der Waals surface area contributed by atoms with E-state index in [0.29, 0.717) is 5.75 Å². The maximum Gasteiger partial charge on any atom is 0.341 e. The van der Waals surface area contributed by atoms with E-state index in [0.717, 1.165) is 12.8 Å². The summed E-state index contributed by atoms with van der Waals surface area (Å²) in [6.07, 6.45) is 12.2. The zero-order chi connectivity index (χ0) is 13.5. The van der Waals surface area contributed by atoms with Gasteiger partial charge >= 0.3 is 5.97 Å². The fraction of sp³-hybridized carbons (Fsp3) is 0.188. The van der Waals surface area contributed by atoms with Gasteiger partial charge in [0.15, 0.2) is 6.61 Å². The molecule has 0 saturated heterocycles. The first-order chi connectivity index (χ1) is 9.24. The van der Waals surface area contributed by atoms with Crippen LogP contribution in [0.15, 0.2) is 60.2 Å². The topological polar surface area (TPSA) is 46.5 Å². The second-order valence-electron chi connectivity index (χ2n) is 4.35. The maximum absolute atomic E-state index is 10.4. The van der Waals surface area contributed by atoms with Gasteiger partial charge in [-0.15, -0.1) is 0 Å². The van der Waals surface area contributed by atoms with E-state index < -0.39 is 5.97 Å². The number of benzene rings is 1. The van der Waals surface area contributed by atoms with E-state index in [1.807, 2.05) is 30.4 Å². The van der Waals surface area contributed by atoms with E-state index in [2.05, 4.69) is 12.2 Å². The quantitative estimate of drug-likeness (QED) is 0.880. The van der Waals surface area contributed by atoms with Crippen LogP contribution in [0.4, 0.5) is 0 Å². The third-order valence-corrected chi connectivity index (χ3v) is 2.79. The van der Waals surface area contributed by atoms with Crippen molar-refractivity contribution in [2.75, 3.05) is 6.61 Å². The summed E-state index contributed by atoms with van der Waals surface area (Å²) in [6, 6.07) is 7.55. The minimum atomic E-state index is -0.966. The molecule has 1 aromatic carbocycles. The van der Waals surface area contributed by atoms with Crippen molar-refractivity contribution in [2.45, 2.75) is 12.8 Å². The SMILES string of the molecule is O=C(O)COc1ccc(CC2=CC=CC=CC2)cc1. The van der Waals surface area contributed by atoms with Gasteiger partial charge in [-0.1, -0.05) is 48.1 Å². The van der Waals surface area contributed by atoms with E-state index in [4.69, 9.17) is 9.84 Å². The van der Waals surface area contributed by atoms with Crippen LogP contribution in [0, 0.1) is 0 Å². The van der Waals surface area contributed by atoms with Gasteiger partial charge in [-0.2, -0.15) is 0 Å². The summed E-state index contributed by atoms with van der Waals surface area (Å²) in [5.74, 6) is -0.382. The molecule has 0 saturated carbocycles. The van der Waals surface area contributed by atoms with E-state index in [1.165, 1.54) is 11.1 Å². The van der Waals surface area contributed by atoms with Gasteiger partial charge in [0.2, 0.25) is 0 Å². The van der Waals surface area contributed by atoms with E-state index in [9.17, 15) is 4.79 Å². The van der Waals surface area contributed by atoms with Gasteiger partial charge in [0.1, 0.15) is 5.75 Å². The molecular formula is C16H16O3. The molecule has 98 valence electrons. The highest BCUT2D eigenvalue weighted by Gasteiger charge is 2.02. The van der Waals surface area contributed by atoms with Crippen LogP contribution in [0.1, 0.15) is 12.0 Å². The van der Waals surface area contributed by atoms with Crippen LogP contribution in [-0.2, 0) is 11.2 Å². The van der Waals surface area contributed by atoms with Gasteiger partial charge in [0.25, 0.3) is 0 Å². The number of aliphatic carboxylic acids is 1. The van der Waals surface area contributed by atoms with Crippen molar-refractivity contribution in [2.24, 2.45) is 0 Å². The molecule has 0 unspecified atom stereocenters. The molecule has 3 heteroatoms. The molecule has 1 aliphatic carbocycles. The molecule has 0 aromatic heterocycles. The molecule has 0 atom stereocenters. The van der Waals surface area contributed by atoms with Crippen molar-refractivity contribution in [3.63, 3.8) is 0 Å². The number of hydrogen-bond acceptors (Lipinski definition) is 2. The summed E-state index contributed by atoms with van der Waals surface area (Å²) in [4.78, 5) is 10.4. The Morgan fingerprint density at radius 1 is 1.16 bits per heavy atom. The number of carbonyl (C=O) groups is 1. The Bertz CT molecular complexity index is 521. The Labute approximate surface area is 112 Å². The molecule has 1 aliphatic rings. The third-order valence-electron chi connectivity index (χ3n) is 2.79. The highest BCUT2D eigenvalue weighted by atomic mass is 16.5. The maximum atomic E-state index is 10.4. The second-order valence-corrected chi connectivity index (χ2v) is 4.35. The van der Waals surface area contributed by atoms with Crippen molar-refractivity contribution < 1.29 is 14.6 Å². The smallest absolute Gasteiger partial charge is 0.341 e. The molecule has 0 aliphatic heterocycles. The average molecular weight is 256 g/mol. The van der Waals surface area contributed by atoms with Crippen molar-refractivity contribution in [3.05, 3.63) is 65.8 Å². The number of allylic oxidation sites excluding steroid dienone is 6. The molecule has 1 aromatic rings. The Hall–Kier alpha value is -2.29. The Balaban J connectivity index is 1.95. The normalized spacial score (nSPS) is 13.8.